The van der Waals surface area contributed by atoms with Crippen LogP contribution in [-0.2, 0) is 11.3 Å². The number of hydrogen-bond donors (Lipinski definition) is 0. The first kappa shape index (κ1) is 19.9. The second-order valence-corrected chi connectivity index (χ2v) is 7.53. The summed E-state index contributed by atoms with van der Waals surface area (Å²) in [6, 6.07) is 14.8. The first-order chi connectivity index (χ1) is 14.6. The van der Waals surface area contributed by atoms with Crippen molar-refractivity contribution in [2.45, 2.75) is 20.4 Å². The van der Waals surface area contributed by atoms with E-state index in [9.17, 15) is 9.59 Å². The van der Waals surface area contributed by atoms with Gasteiger partial charge in [0.15, 0.2) is 16.6 Å². The van der Waals surface area contributed by atoms with Gasteiger partial charge in [-0.15, -0.1) is 0 Å². The number of anilines is 1. The van der Waals surface area contributed by atoms with E-state index < -0.39 is 5.97 Å². The third-order valence-corrected chi connectivity index (χ3v) is 5.69. The highest BCUT2D eigenvalue weighted by Gasteiger charge is 2.29. The Morgan fingerprint density at radius 3 is 2.70 bits per heavy atom. The lowest BCUT2D eigenvalue weighted by Gasteiger charge is -2.21. The maximum absolute atomic E-state index is 13.6. The minimum atomic E-state index is -0.441. The van der Waals surface area contributed by atoms with Crippen molar-refractivity contribution in [3.63, 3.8) is 0 Å². The minimum absolute atomic E-state index is 0.0711. The van der Waals surface area contributed by atoms with E-state index in [0.29, 0.717) is 39.3 Å². The van der Waals surface area contributed by atoms with E-state index in [-0.39, 0.29) is 19.3 Å². The van der Waals surface area contributed by atoms with Gasteiger partial charge in [0, 0.05) is 0 Å². The number of carbonyl (C=O) groups excluding carboxylic acids is 2. The van der Waals surface area contributed by atoms with E-state index in [1.807, 2.05) is 30.3 Å². The summed E-state index contributed by atoms with van der Waals surface area (Å²) < 4.78 is 16.0. The lowest BCUT2D eigenvalue weighted by molar-refractivity contribution is 0.0531. The summed E-state index contributed by atoms with van der Waals surface area (Å²) in [5.74, 6) is 0.219. The van der Waals surface area contributed by atoms with Crippen LogP contribution >= 0.6 is 11.3 Å². The summed E-state index contributed by atoms with van der Waals surface area (Å²) in [5, 5.41) is 0.418. The lowest BCUT2D eigenvalue weighted by Crippen LogP contribution is -2.30. The third-order valence-electron chi connectivity index (χ3n) is 4.53. The normalized spacial score (nSPS) is 11.9. The van der Waals surface area contributed by atoms with Crippen molar-refractivity contribution in [3.8, 4) is 11.5 Å². The Morgan fingerprint density at radius 1 is 1.13 bits per heavy atom. The van der Waals surface area contributed by atoms with Crippen LogP contribution < -0.4 is 14.4 Å². The maximum Gasteiger partial charge on any atom is 0.350 e. The molecule has 0 radical (unpaired) electrons. The molecule has 0 bridgehead atoms. The van der Waals surface area contributed by atoms with Crippen LogP contribution in [0.25, 0.3) is 0 Å². The van der Waals surface area contributed by atoms with E-state index in [0.717, 1.165) is 16.9 Å². The number of benzene rings is 2. The Hall–Kier alpha value is -3.39. The second-order valence-electron chi connectivity index (χ2n) is 6.55. The van der Waals surface area contributed by atoms with Gasteiger partial charge in [-0.3, -0.25) is 9.69 Å². The third kappa shape index (κ3) is 3.86. The Kier molecular flexibility index (Phi) is 5.67. The van der Waals surface area contributed by atoms with Gasteiger partial charge >= 0.3 is 5.97 Å². The minimum Gasteiger partial charge on any atom is -0.462 e. The quantitative estimate of drug-likeness (QED) is 0.552. The largest absolute Gasteiger partial charge is 0.462 e. The fraction of sp³-hybridized carbons (Fsp3) is 0.227. The highest BCUT2D eigenvalue weighted by atomic mass is 32.1. The molecule has 0 saturated heterocycles. The average Bonchev–Trinajstić information content (AvgIpc) is 3.39. The SMILES string of the molecule is CCOC(=O)c1sc(N(Cc2ccccc2)C(=O)c2cccc3c2OCO3)nc1C. The van der Waals surface area contributed by atoms with Crippen molar-refractivity contribution in [1.82, 2.24) is 4.98 Å². The van der Waals surface area contributed by atoms with Gasteiger partial charge in [0.05, 0.1) is 24.4 Å². The number of thiazole rings is 1. The van der Waals surface area contributed by atoms with E-state index in [1.54, 1.807) is 36.9 Å². The molecule has 0 saturated carbocycles. The summed E-state index contributed by atoms with van der Waals surface area (Å²) in [7, 11) is 0. The summed E-state index contributed by atoms with van der Waals surface area (Å²) in [4.78, 5) is 32.3. The van der Waals surface area contributed by atoms with Crippen molar-refractivity contribution < 1.29 is 23.8 Å². The zero-order chi connectivity index (χ0) is 21.1. The first-order valence-corrected chi connectivity index (χ1v) is 10.3. The van der Waals surface area contributed by atoms with Crippen molar-refractivity contribution in [3.05, 3.63) is 70.2 Å². The number of ether oxygens (including phenoxy) is 3. The molecule has 8 heteroatoms. The number of aryl methyl sites for hydroxylation is 1. The Bertz CT molecular complexity index is 1080. The molecule has 4 rings (SSSR count). The number of fused-ring (bicyclic) bond motifs is 1. The van der Waals surface area contributed by atoms with E-state index in [4.69, 9.17) is 14.2 Å². The maximum atomic E-state index is 13.6. The van der Waals surface area contributed by atoms with Crippen LogP contribution in [0, 0.1) is 6.92 Å². The first-order valence-electron chi connectivity index (χ1n) is 9.47. The molecule has 3 aromatic rings. The van der Waals surface area contributed by atoms with Crippen LogP contribution in [-0.4, -0.2) is 30.3 Å². The van der Waals surface area contributed by atoms with Gasteiger partial charge in [0.1, 0.15) is 4.88 Å². The highest BCUT2D eigenvalue weighted by Crippen LogP contribution is 2.37. The fourth-order valence-corrected chi connectivity index (χ4v) is 4.08. The molecular formula is C22H20N2O5S. The molecule has 1 amide bonds. The van der Waals surface area contributed by atoms with Crippen molar-refractivity contribution >= 4 is 28.3 Å². The van der Waals surface area contributed by atoms with Gasteiger partial charge in [-0.05, 0) is 31.5 Å². The molecule has 1 aliphatic heterocycles. The molecule has 154 valence electrons. The summed E-state index contributed by atoms with van der Waals surface area (Å²) in [5.41, 5.74) is 1.84. The second kappa shape index (κ2) is 8.54. The molecule has 2 aromatic carbocycles. The number of rotatable bonds is 6. The van der Waals surface area contributed by atoms with Crippen molar-refractivity contribution in [1.29, 1.82) is 0 Å². The monoisotopic (exact) mass is 424 g/mol. The van der Waals surface area contributed by atoms with Gasteiger partial charge < -0.3 is 14.2 Å². The fourth-order valence-electron chi connectivity index (χ4n) is 3.12. The van der Waals surface area contributed by atoms with Crippen LogP contribution in [0.4, 0.5) is 5.13 Å². The summed E-state index contributed by atoms with van der Waals surface area (Å²) in [6.45, 7) is 4.11. The Labute approximate surface area is 177 Å². The zero-order valence-corrected chi connectivity index (χ0v) is 17.4. The topological polar surface area (TPSA) is 78.0 Å². The number of para-hydroxylation sites is 1. The van der Waals surface area contributed by atoms with E-state index in [2.05, 4.69) is 4.98 Å². The standard InChI is InChI=1S/C22H20N2O5S/c1-3-27-21(26)19-14(2)23-22(30-19)24(12-15-8-5-4-6-9-15)20(25)16-10-7-11-17-18(16)29-13-28-17/h4-11H,3,12-13H2,1-2H3. The molecule has 2 heterocycles. The van der Waals surface area contributed by atoms with E-state index >= 15 is 0 Å². The molecule has 0 unspecified atom stereocenters. The average molecular weight is 424 g/mol. The molecule has 0 fully saturated rings. The van der Waals surface area contributed by atoms with Gasteiger partial charge in [-0.2, -0.15) is 0 Å². The molecule has 1 aromatic heterocycles. The number of nitrogens with zero attached hydrogens (tertiary/aromatic N) is 2. The number of hydrogen-bond acceptors (Lipinski definition) is 7. The van der Waals surface area contributed by atoms with Gasteiger partial charge in [-0.1, -0.05) is 47.7 Å². The van der Waals surface area contributed by atoms with Crippen LogP contribution in [0.15, 0.2) is 48.5 Å². The molecule has 0 atom stereocenters. The van der Waals surface area contributed by atoms with Crippen LogP contribution in [0.3, 0.4) is 0 Å². The number of esters is 1. The summed E-state index contributed by atoms with van der Waals surface area (Å²) in [6.07, 6.45) is 0. The molecule has 0 aliphatic carbocycles. The smallest absolute Gasteiger partial charge is 0.350 e. The summed E-state index contributed by atoms with van der Waals surface area (Å²) >= 11 is 1.14. The van der Waals surface area contributed by atoms with Crippen molar-refractivity contribution in [2.75, 3.05) is 18.3 Å². The number of aromatic nitrogens is 1. The zero-order valence-electron chi connectivity index (χ0n) is 16.6. The van der Waals surface area contributed by atoms with Gasteiger partial charge in [-0.25, -0.2) is 9.78 Å². The number of amides is 1. The molecule has 0 spiro atoms. The predicted octanol–water partition coefficient (Wildman–Crippen LogP) is 4.20. The van der Waals surface area contributed by atoms with Gasteiger partial charge in [0.2, 0.25) is 6.79 Å². The Morgan fingerprint density at radius 2 is 1.93 bits per heavy atom. The van der Waals surface area contributed by atoms with Crippen LogP contribution in [0.1, 0.15) is 38.2 Å². The van der Waals surface area contributed by atoms with E-state index in [1.165, 1.54) is 0 Å². The lowest BCUT2D eigenvalue weighted by atomic mass is 10.1. The molecule has 7 nitrogen and oxygen atoms in total. The van der Waals surface area contributed by atoms with Gasteiger partial charge in [0.25, 0.3) is 5.91 Å². The molecule has 1 aliphatic rings. The van der Waals surface area contributed by atoms with Crippen molar-refractivity contribution in [2.24, 2.45) is 0 Å². The van der Waals surface area contributed by atoms with Crippen LogP contribution in [0.5, 0.6) is 11.5 Å². The van der Waals surface area contributed by atoms with Crippen LogP contribution in [0.2, 0.25) is 0 Å². The Balaban J connectivity index is 1.74. The number of carbonyl (C=O) groups is 2. The molecule has 0 N–H and O–H groups in total. The molecule has 30 heavy (non-hydrogen) atoms. The predicted molar refractivity (Wildman–Crippen MR) is 112 cm³/mol. The highest BCUT2D eigenvalue weighted by molar-refractivity contribution is 7.17. The molecular weight excluding hydrogens is 404 g/mol.